The Labute approximate surface area is 126 Å². The van der Waals surface area contributed by atoms with E-state index in [1.165, 1.54) is 0 Å². The van der Waals surface area contributed by atoms with Crippen molar-refractivity contribution >= 4 is 15.9 Å². The molecule has 1 aromatic carbocycles. The summed E-state index contributed by atoms with van der Waals surface area (Å²) in [6, 6.07) is 6.05. The molecule has 20 heavy (non-hydrogen) atoms. The molecule has 1 aliphatic heterocycles. The van der Waals surface area contributed by atoms with Gasteiger partial charge in [0.25, 0.3) is 0 Å². The van der Waals surface area contributed by atoms with E-state index < -0.39 is 6.10 Å². The van der Waals surface area contributed by atoms with Gasteiger partial charge in [0.15, 0.2) is 0 Å². The first kappa shape index (κ1) is 13.6. The highest BCUT2D eigenvalue weighted by molar-refractivity contribution is 9.10. The molecule has 2 atom stereocenters. The second kappa shape index (κ2) is 5.22. The first-order valence-electron chi connectivity index (χ1n) is 6.72. The SMILES string of the molecule is CC(C)n1cncc1C1CC(O)c2cc(Br)ccc2O1. The number of ether oxygens (including phenoxy) is 1. The summed E-state index contributed by atoms with van der Waals surface area (Å²) in [5.41, 5.74) is 1.85. The summed E-state index contributed by atoms with van der Waals surface area (Å²) < 4.78 is 9.08. The number of hydrogen-bond donors (Lipinski definition) is 1. The smallest absolute Gasteiger partial charge is 0.143 e. The van der Waals surface area contributed by atoms with E-state index in [4.69, 9.17) is 4.74 Å². The Hall–Kier alpha value is -1.33. The van der Waals surface area contributed by atoms with E-state index in [0.29, 0.717) is 12.5 Å². The second-order valence-electron chi connectivity index (χ2n) is 5.36. The van der Waals surface area contributed by atoms with Crippen molar-refractivity contribution in [3.05, 3.63) is 46.5 Å². The number of aliphatic hydroxyl groups is 1. The molecule has 0 saturated heterocycles. The summed E-state index contributed by atoms with van der Waals surface area (Å²) in [6.45, 7) is 4.21. The third kappa shape index (κ3) is 2.36. The zero-order chi connectivity index (χ0) is 14.3. The van der Waals surface area contributed by atoms with Crippen LogP contribution in [0.2, 0.25) is 0 Å². The van der Waals surface area contributed by atoms with E-state index in [9.17, 15) is 5.11 Å². The maximum absolute atomic E-state index is 10.4. The van der Waals surface area contributed by atoms with Gasteiger partial charge in [-0.15, -0.1) is 0 Å². The molecular formula is C15H17BrN2O2. The van der Waals surface area contributed by atoms with Gasteiger partial charge < -0.3 is 14.4 Å². The lowest BCUT2D eigenvalue weighted by Crippen LogP contribution is -2.22. The van der Waals surface area contributed by atoms with E-state index in [1.54, 1.807) is 0 Å². The number of aliphatic hydroxyl groups excluding tert-OH is 1. The van der Waals surface area contributed by atoms with Crippen LogP contribution in [0.4, 0.5) is 0 Å². The number of fused-ring (bicyclic) bond motifs is 1. The van der Waals surface area contributed by atoms with E-state index in [-0.39, 0.29) is 6.10 Å². The molecule has 106 valence electrons. The van der Waals surface area contributed by atoms with Gasteiger partial charge in [0.05, 0.1) is 24.3 Å². The van der Waals surface area contributed by atoms with Crippen LogP contribution in [0.3, 0.4) is 0 Å². The molecular weight excluding hydrogens is 320 g/mol. The fraction of sp³-hybridized carbons (Fsp3) is 0.400. The maximum atomic E-state index is 10.4. The fourth-order valence-corrected chi connectivity index (χ4v) is 2.97. The first-order chi connectivity index (χ1) is 9.56. The Morgan fingerprint density at radius 3 is 3.00 bits per heavy atom. The Bertz CT molecular complexity index is 624. The largest absolute Gasteiger partial charge is 0.484 e. The predicted molar refractivity (Wildman–Crippen MR) is 79.7 cm³/mol. The van der Waals surface area contributed by atoms with Crippen molar-refractivity contribution in [1.29, 1.82) is 0 Å². The van der Waals surface area contributed by atoms with Gasteiger partial charge in [-0.25, -0.2) is 4.98 Å². The van der Waals surface area contributed by atoms with Crippen LogP contribution in [0.25, 0.3) is 0 Å². The summed E-state index contributed by atoms with van der Waals surface area (Å²) in [5, 5.41) is 10.4. The zero-order valence-electron chi connectivity index (χ0n) is 11.5. The molecule has 2 heterocycles. The highest BCUT2D eigenvalue weighted by atomic mass is 79.9. The van der Waals surface area contributed by atoms with Crippen molar-refractivity contribution in [2.45, 2.75) is 38.5 Å². The molecule has 1 aliphatic rings. The predicted octanol–water partition coefficient (Wildman–Crippen LogP) is 3.78. The molecule has 0 saturated carbocycles. The molecule has 0 radical (unpaired) electrons. The summed E-state index contributed by atoms with van der Waals surface area (Å²) >= 11 is 3.42. The lowest BCUT2D eigenvalue weighted by molar-refractivity contribution is 0.0613. The molecule has 1 aromatic heterocycles. The number of nitrogens with zero attached hydrogens (tertiary/aromatic N) is 2. The monoisotopic (exact) mass is 336 g/mol. The zero-order valence-corrected chi connectivity index (χ0v) is 13.0. The molecule has 4 nitrogen and oxygen atoms in total. The Kier molecular flexibility index (Phi) is 3.56. The summed E-state index contributed by atoms with van der Waals surface area (Å²) in [6.07, 6.45) is 3.50. The molecule has 5 heteroatoms. The average molecular weight is 337 g/mol. The van der Waals surface area contributed by atoms with Gasteiger partial charge in [0, 0.05) is 22.5 Å². The number of benzene rings is 1. The molecule has 0 fully saturated rings. The van der Waals surface area contributed by atoms with Gasteiger partial charge in [-0.1, -0.05) is 15.9 Å². The van der Waals surface area contributed by atoms with Crippen LogP contribution in [0.15, 0.2) is 35.2 Å². The van der Waals surface area contributed by atoms with Gasteiger partial charge in [-0.3, -0.25) is 0 Å². The summed E-state index contributed by atoms with van der Waals surface area (Å²) in [4.78, 5) is 4.21. The van der Waals surface area contributed by atoms with Gasteiger partial charge in [0.2, 0.25) is 0 Å². The lowest BCUT2D eigenvalue weighted by Gasteiger charge is -2.30. The number of imidazole rings is 1. The third-order valence-corrected chi connectivity index (χ3v) is 4.11. The number of hydrogen-bond acceptors (Lipinski definition) is 3. The van der Waals surface area contributed by atoms with E-state index in [0.717, 1.165) is 21.5 Å². The van der Waals surface area contributed by atoms with Crippen LogP contribution >= 0.6 is 15.9 Å². The molecule has 2 unspecified atom stereocenters. The Morgan fingerprint density at radius 2 is 2.25 bits per heavy atom. The van der Waals surface area contributed by atoms with Crippen molar-refractivity contribution < 1.29 is 9.84 Å². The summed E-state index contributed by atoms with van der Waals surface area (Å²) in [5.74, 6) is 0.744. The van der Waals surface area contributed by atoms with Gasteiger partial charge in [0.1, 0.15) is 11.9 Å². The number of rotatable bonds is 2. The minimum absolute atomic E-state index is 0.163. The topological polar surface area (TPSA) is 47.3 Å². The minimum Gasteiger partial charge on any atom is -0.484 e. The maximum Gasteiger partial charge on any atom is 0.143 e. The minimum atomic E-state index is -0.517. The van der Waals surface area contributed by atoms with Crippen LogP contribution < -0.4 is 4.74 Å². The quantitative estimate of drug-likeness (QED) is 0.907. The van der Waals surface area contributed by atoms with Crippen LogP contribution in [-0.4, -0.2) is 14.7 Å². The average Bonchev–Trinajstić information content (AvgIpc) is 2.89. The molecule has 0 aliphatic carbocycles. The first-order valence-corrected chi connectivity index (χ1v) is 7.51. The molecule has 0 spiro atoms. The molecule has 0 bridgehead atoms. The fourth-order valence-electron chi connectivity index (χ4n) is 2.60. The van der Waals surface area contributed by atoms with E-state index in [2.05, 4.69) is 39.3 Å². The van der Waals surface area contributed by atoms with E-state index >= 15 is 0 Å². The molecule has 3 rings (SSSR count). The van der Waals surface area contributed by atoms with Gasteiger partial charge >= 0.3 is 0 Å². The number of aromatic nitrogens is 2. The highest BCUT2D eigenvalue weighted by Gasteiger charge is 2.30. The van der Waals surface area contributed by atoms with Crippen molar-refractivity contribution in [3.63, 3.8) is 0 Å². The highest BCUT2D eigenvalue weighted by Crippen LogP contribution is 2.41. The Morgan fingerprint density at radius 1 is 1.45 bits per heavy atom. The second-order valence-corrected chi connectivity index (χ2v) is 6.28. The van der Waals surface area contributed by atoms with Crippen LogP contribution in [-0.2, 0) is 0 Å². The molecule has 1 N–H and O–H groups in total. The van der Waals surface area contributed by atoms with E-state index in [1.807, 2.05) is 30.7 Å². The molecule has 2 aromatic rings. The summed E-state index contributed by atoms with van der Waals surface area (Å²) in [7, 11) is 0. The normalized spacial score (nSPS) is 21.6. The third-order valence-electron chi connectivity index (χ3n) is 3.62. The van der Waals surface area contributed by atoms with Crippen molar-refractivity contribution in [3.8, 4) is 5.75 Å². The van der Waals surface area contributed by atoms with Crippen LogP contribution in [0.5, 0.6) is 5.75 Å². The van der Waals surface area contributed by atoms with Gasteiger partial charge in [-0.05, 0) is 32.0 Å². The van der Waals surface area contributed by atoms with Crippen LogP contribution in [0.1, 0.15) is 49.8 Å². The van der Waals surface area contributed by atoms with Crippen LogP contribution in [0, 0.1) is 0 Å². The number of halogens is 1. The van der Waals surface area contributed by atoms with Crippen molar-refractivity contribution in [2.75, 3.05) is 0 Å². The Balaban J connectivity index is 1.95. The standard InChI is InChI=1S/C15H17BrN2O2/c1-9(2)18-8-17-7-12(18)15-6-13(19)11-5-10(16)3-4-14(11)20-15/h3-5,7-9,13,15,19H,6H2,1-2H3. The van der Waals surface area contributed by atoms with Crippen molar-refractivity contribution in [2.24, 2.45) is 0 Å². The van der Waals surface area contributed by atoms with Crippen molar-refractivity contribution in [1.82, 2.24) is 9.55 Å². The van der Waals surface area contributed by atoms with Gasteiger partial charge in [-0.2, -0.15) is 0 Å². The lowest BCUT2D eigenvalue weighted by atomic mass is 9.97. The molecule has 0 amide bonds.